The number of benzene rings is 2. The van der Waals surface area contributed by atoms with Gasteiger partial charge in [0.1, 0.15) is 6.79 Å². The smallest absolute Gasteiger partial charge is 0.243 e. The summed E-state index contributed by atoms with van der Waals surface area (Å²) in [5.41, 5.74) is 2.35. The van der Waals surface area contributed by atoms with Gasteiger partial charge in [0.2, 0.25) is 20.0 Å². The molecule has 0 aliphatic carbocycles. The van der Waals surface area contributed by atoms with Crippen molar-refractivity contribution in [3.63, 3.8) is 0 Å². The van der Waals surface area contributed by atoms with Crippen LogP contribution in [0.25, 0.3) is 0 Å². The summed E-state index contributed by atoms with van der Waals surface area (Å²) in [5, 5.41) is 0. The molecule has 2 saturated heterocycles. The minimum atomic E-state index is -3.62. The molecule has 47 heavy (non-hydrogen) atoms. The number of rotatable bonds is 22. The number of sulfonamides is 2. The van der Waals surface area contributed by atoms with Crippen molar-refractivity contribution in [3.8, 4) is 0 Å². The van der Waals surface area contributed by atoms with Gasteiger partial charge < -0.3 is 9.47 Å². The van der Waals surface area contributed by atoms with Crippen LogP contribution in [0, 0.1) is 0 Å². The van der Waals surface area contributed by atoms with Crippen LogP contribution in [0.1, 0.15) is 115 Å². The number of ether oxygens (including phenoxy) is 2. The van der Waals surface area contributed by atoms with Gasteiger partial charge in [-0.05, 0) is 86.8 Å². The fourth-order valence-electron chi connectivity index (χ4n) is 6.80. The van der Waals surface area contributed by atoms with E-state index in [1.54, 1.807) is 32.9 Å². The molecule has 2 aliphatic rings. The minimum Gasteiger partial charge on any atom is -0.354 e. The molecule has 0 spiro atoms. The third-order valence-corrected chi connectivity index (χ3v) is 13.6. The van der Waals surface area contributed by atoms with Crippen molar-refractivity contribution in [2.24, 2.45) is 0 Å². The van der Waals surface area contributed by atoms with E-state index in [0.29, 0.717) is 22.9 Å². The van der Waals surface area contributed by atoms with Crippen LogP contribution < -0.4 is 0 Å². The Morgan fingerprint density at radius 1 is 0.574 bits per heavy atom. The quantitative estimate of drug-likeness (QED) is 0.0929. The van der Waals surface area contributed by atoms with Crippen molar-refractivity contribution in [1.29, 1.82) is 0 Å². The number of hydrogen-bond acceptors (Lipinski definition) is 6. The summed E-state index contributed by atoms with van der Waals surface area (Å²) in [6.07, 6.45) is 17.2. The highest BCUT2D eigenvalue weighted by molar-refractivity contribution is 7.89. The third kappa shape index (κ3) is 11.1. The molecule has 0 saturated carbocycles. The number of aryl methyl sites for hydroxylation is 2. The van der Waals surface area contributed by atoms with Crippen LogP contribution in [0.4, 0.5) is 0 Å². The Hall–Kier alpha value is -1.82. The molecular formula is C37H58N2O6S2. The average molecular weight is 691 g/mol. The maximum absolute atomic E-state index is 13.5. The van der Waals surface area contributed by atoms with E-state index in [4.69, 9.17) is 9.47 Å². The second kappa shape index (κ2) is 19.4. The highest BCUT2D eigenvalue weighted by Gasteiger charge is 2.37. The van der Waals surface area contributed by atoms with E-state index in [1.165, 1.54) is 62.5 Å². The van der Waals surface area contributed by atoms with Crippen LogP contribution >= 0.6 is 0 Å². The Balaban J connectivity index is 1.20. The van der Waals surface area contributed by atoms with Gasteiger partial charge in [-0.25, -0.2) is 16.8 Å². The molecule has 2 aromatic rings. The summed E-state index contributed by atoms with van der Waals surface area (Å²) in [5.74, 6) is 0. The molecule has 0 unspecified atom stereocenters. The zero-order valence-electron chi connectivity index (χ0n) is 28.8. The Bertz CT molecular complexity index is 1290. The maximum atomic E-state index is 13.5. The lowest BCUT2D eigenvalue weighted by Crippen LogP contribution is -2.39. The Morgan fingerprint density at radius 2 is 0.957 bits per heavy atom. The standard InChI is InChI=1S/C37H58N2O6S2/c1-3-5-7-9-11-15-32-19-23-36(24-20-32)46(40,41)38-27-13-17-34(38)29-44-31-45-30-35-18-14-28-39(35)47(42,43)37-25-21-33(22-26-37)16-12-10-8-6-4-2/h19-26,34-35H,3-18,27-31H2,1-2H3/t34-,35-/m0/s1. The van der Waals surface area contributed by atoms with E-state index >= 15 is 0 Å². The highest BCUT2D eigenvalue weighted by Crippen LogP contribution is 2.28. The molecule has 264 valence electrons. The Kier molecular flexibility index (Phi) is 15.7. The zero-order valence-corrected chi connectivity index (χ0v) is 30.4. The lowest BCUT2D eigenvalue weighted by Gasteiger charge is -2.25. The molecule has 2 aliphatic heterocycles. The van der Waals surface area contributed by atoms with Gasteiger partial charge in [0.25, 0.3) is 0 Å². The summed E-state index contributed by atoms with van der Waals surface area (Å²) in [7, 11) is -7.23. The molecule has 0 N–H and O–H groups in total. The summed E-state index contributed by atoms with van der Waals surface area (Å²) in [6, 6.07) is 14.2. The normalized spacial score (nSPS) is 19.5. The Morgan fingerprint density at radius 3 is 1.34 bits per heavy atom. The van der Waals surface area contributed by atoms with Gasteiger partial charge in [-0.2, -0.15) is 8.61 Å². The third-order valence-electron chi connectivity index (χ3n) is 9.63. The molecule has 2 heterocycles. The largest absolute Gasteiger partial charge is 0.354 e. The second-order valence-electron chi connectivity index (χ2n) is 13.3. The van der Waals surface area contributed by atoms with Crippen molar-refractivity contribution in [2.45, 2.75) is 138 Å². The van der Waals surface area contributed by atoms with Crippen LogP contribution in [-0.2, 0) is 42.4 Å². The van der Waals surface area contributed by atoms with Gasteiger partial charge in [-0.15, -0.1) is 0 Å². The van der Waals surface area contributed by atoms with Crippen LogP contribution in [0.3, 0.4) is 0 Å². The fourth-order valence-corrected chi connectivity index (χ4v) is 10.2. The number of hydrogen-bond donors (Lipinski definition) is 0. The summed E-state index contributed by atoms with van der Waals surface area (Å²) < 4.78 is 68.6. The SMILES string of the molecule is CCCCCCCc1ccc(S(=O)(=O)N2CCC[C@H]2COCOC[C@@H]2CCCN2S(=O)(=O)c2ccc(CCCCCCC)cc2)cc1. The van der Waals surface area contributed by atoms with Crippen molar-refractivity contribution in [2.75, 3.05) is 33.1 Å². The molecule has 2 aromatic carbocycles. The lowest BCUT2D eigenvalue weighted by atomic mass is 10.1. The molecule has 0 bridgehead atoms. The number of nitrogens with zero attached hydrogens (tertiary/aromatic N) is 2. The van der Waals surface area contributed by atoms with Crippen molar-refractivity contribution in [3.05, 3.63) is 59.7 Å². The minimum absolute atomic E-state index is 0.00528. The lowest BCUT2D eigenvalue weighted by molar-refractivity contribution is -0.0707. The van der Waals surface area contributed by atoms with Crippen LogP contribution in [0.15, 0.2) is 58.3 Å². The van der Waals surface area contributed by atoms with Crippen molar-refractivity contribution in [1.82, 2.24) is 8.61 Å². The van der Waals surface area contributed by atoms with Crippen LogP contribution in [0.5, 0.6) is 0 Å². The first-order valence-corrected chi connectivity index (χ1v) is 21.0. The molecule has 2 atom stereocenters. The number of unbranched alkanes of at least 4 members (excludes halogenated alkanes) is 8. The van der Waals surface area contributed by atoms with Gasteiger partial charge >= 0.3 is 0 Å². The zero-order chi connectivity index (χ0) is 33.5. The summed E-state index contributed by atoms with van der Waals surface area (Å²) >= 11 is 0. The van der Waals surface area contributed by atoms with E-state index in [9.17, 15) is 16.8 Å². The maximum Gasteiger partial charge on any atom is 0.243 e. The first-order valence-electron chi connectivity index (χ1n) is 18.1. The second-order valence-corrected chi connectivity index (χ2v) is 17.1. The van der Waals surface area contributed by atoms with E-state index < -0.39 is 20.0 Å². The molecule has 0 radical (unpaired) electrons. The first kappa shape index (κ1) is 38.0. The van der Waals surface area contributed by atoms with Crippen molar-refractivity contribution < 1.29 is 26.3 Å². The van der Waals surface area contributed by atoms with Gasteiger partial charge in [0.15, 0.2) is 0 Å². The Labute approximate surface area is 285 Å². The van der Waals surface area contributed by atoms with Crippen LogP contribution in [-0.4, -0.2) is 70.6 Å². The molecular weight excluding hydrogens is 633 g/mol. The first-order chi connectivity index (χ1) is 22.8. The molecule has 0 amide bonds. The topological polar surface area (TPSA) is 93.2 Å². The predicted molar refractivity (Wildman–Crippen MR) is 188 cm³/mol. The summed E-state index contributed by atoms with van der Waals surface area (Å²) in [4.78, 5) is 0.657. The van der Waals surface area contributed by atoms with E-state index in [-0.39, 0.29) is 32.1 Å². The van der Waals surface area contributed by atoms with Crippen molar-refractivity contribution >= 4 is 20.0 Å². The van der Waals surface area contributed by atoms with E-state index in [1.807, 2.05) is 24.3 Å². The summed E-state index contributed by atoms with van der Waals surface area (Å²) in [6.45, 7) is 5.86. The van der Waals surface area contributed by atoms with Gasteiger partial charge in [0.05, 0.1) is 23.0 Å². The van der Waals surface area contributed by atoms with Gasteiger partial charge in [-0.1, -0.05) is 89.5 Å². The molecule has 4 rings (SSSR count). The predicted octanol–water partition coefficient (Wildman–Crippen LogP) is 7.71. The molecule has 0 aromatic heterocycles. The molecule has 10 heteroatoms. The monoisotopic (exact) mass is 690 g/mol. The van der Waals surface area contributed by atoms with E-state index in [0.717, 1.165) is 51.4 Å². The average Bonchev–Trinajstić information content (AvgIpc) is 3.76. The fraction of sp³-hybridized carbons (Fsp3) is 0.676. The van der Waals surface area contributed by atoms with Gasteiger partial charge in [-0.3, -0.25) is 0 Å². The molecule has 2 fully saturated rings. The highest BCUT2D eigenvalue weighted by atomic mass is 32.2. The molecule has 8 nitrogen and oxygen atoms in total. The van der Waals surface area contributed by atoms with Crippen LogP contribution in [0.2, 0.25) is 0 Å². The van der Waals surface area contributed by atoms with Gasteiger partial charge in [0, 0.05) is 25.2 Å². The van der Waals surface area contributed by atoms with E-state index in [2.05, 4.69) is 13.8 Å².